The third-order valence-corrected chi connectivity index (χ3v) is 7.70. The van der Waals surface area contributed by atoms with Crippen LogP contribution in [0.2, 0.25) is 0 Å². The largest absolute Gasteiger partial charge is 0.464 e. The van der Waals surface area contributed by atoms with E-state index in [1.54, 1.807) is 51.1 Å². The maximum atomic E-state index is 14.0. The first kappa shape index (κ1) is 27.1. The van der Waals surface area contributed by atoms with Crippen LogP contribution in [0, 0.1) is 5.92 Å². The SMILES string of the molecule is CCOC(=O)COP(=O)(c1ccccc1)C(NC(=O)CNC(=O)OCc1ccccc1)C(C)C. The van der Waals surface area contributed by atoms with Crippen LogP contribution < -0.4 is 15.9 Å². The average Bonchev–Trinajstić information content (AvgIpc) is 2.84. The van der Waals surface area contributed by atoms with E-state index in [0.29, 0.717) is 5.30 Å². The molecule has 9 nitrogen and oxygen atoms in total. The average molecular weight is 490 g/mol. The molecule has 2 N–H and O–H groups in total. The second-order valence-electron chi connectivity index (χ2n) is 7.68. The maximum absolute atomic E-state index is 14.0. The maximum Gasteiger partial charge on any atom is 0.407 e. The number of amides is 2. The van der Waals surface area contributed by atoms with Gasteiger partial charge in [0.1, 0.15) is 18.9 Å². The van der Waals surface area contributed by atoms with Gasteiger partial charge < -0.3 is 24.6 Å². The predicted molar refractivity (Wildman–Crippen MR) is 128 cm³/mol. The number of hydrogen-bond acceptors (Lipinski definition) is 7. The van der Waals surface area contributed by atoms with E-state index in [1.807, 2.05) is 30.3 Å². The molecule has 2 rings (SSSR count). The molecule has 0 heterocycles. The van der Waals surface area contributed by atoms with Crippen LogP contribution in [0.15, 0.2) is 60.7 Å². The Hall–Kier alpha value is -3.16. The highest BCUT2D eigenvalue weighted by Gasteiger charge is 2.40. The van der Waals surface area contributed by atoms with Crippen LogP contribution in [0.25, 0.3) is 0 Å². The van der Waals surface area contributed by atoms with Crippen LogP contribution >= 0.6 is 7.37 Å². The van der Waals surface area contributed by atoms with Crippen molar-refractivity contribution in [3.8, 4) is 0 Å². The molecule has 184 valence electrons. The van der Waals surface area contributed by atoms with Gasteiger partial charge >= 0.3 is 12.1 Å². The highest BCUT2D eigenvalue weighted by molar-refractivity contribution is 7.67. The zero-order chi connectivity index (χ0) is 25.0. The van der Waals surface area contributed by atoms with Crippen molar-refractivity contribution in [2.24, 2.45) is 5.92 Å². The topological polar surface area (TPSA) is 120 Å². The second kappa shape index (κ2) is 13.5. The predicted octanol–water partition coefficient (Wildman–Crippen LogP) is 3.19. The first-order chi connectivity index (χ1) is 16.3. The smallest absolute Gasteiger partial charge is 0.407 e. The van der Waals surface area contributed by atoms with E-state index in [1.165, 1.54) is 0 Å². The van der Waals surface area contributed by atoms with Crippen LogP contribution in [-0.2, 0) is 34.8 Å². The first-order valence-corrected chi connectivity index (χ1v) is 12.6. The van der Waals surface area contributed by atoms with Gasteiger partial charge in [-0.25, -0.2) is 9.59 Å². The summed E-state index contributed by atoms with van der Waals surface area (Å²) in [4.78, 5) is 36.4. The Morgan fingerprint density at radius 2 is 1.56 bits per heavy atom. The summed E-state index contributed by atoms with van der Waals surface area (Å²) < 4.78 is 29.6. The number of nitrogens with one attached hydrogen (secondary N) is 2. The van der Waals surface area contributed by atoms with E-state index in [9.17, 15) is 18.9 Å². The standard InChI is InChI=1S/C24H31N2O7P/c1-4-31-22(28)17-33-34(30,20-13-9-6-10-14-20)23(18(2)3)26-21(27)15-25-24(29)32-16-19-11-7-5-8-12-19/h5-14,18,23H,4,15-17H2,1-3H3,(H,25,29)(H,26,27). The fourth-order valence-corrected chi connectivity index (χ4v) is 5.70. The zero-order valence-electron chi connectivity index (χ0n) is 19.6. The summed E-state index contributed by atoms with van der Waals surface area (Å²) in [6.07, 6.45) is -0.759. The summed E-state index contributed by atoms with van der Waals surface area (Å²) in [7, 11) is -3.75. The second-order valence-corrected chi connectivity index (χ2v) is 10.2. The van der Waals surface area contributed by atoms with Gasteiger partial charge in [-0.1, -0.05) is 62.4 Å². The van der Waals surface area contributed by atoms with Crippen molar-refractivity contribution in [1.82, 2.24) is 10.6 Å². The minimum absolute atomic E-state index is 0.0633. The minimum Gasteiger partial charge on any atom is -0.464 e. The van der Waals surface area contributed by atoms with Crippen molar-refractivity contribution in [3.05, 3.63) is 66.2 Å². The van der Waals surface area contributed by atoms with Gasteiger partial charge in [-0.3, -0.25) is 9.36 Å². The molecule has 0 radical (unpaired) electrons. The summed E-state index contributed by atoms with van der Waals surface area (Å²) in [5.74, 6) is -2.50. The van der Waals surface area contributed by atoms with Crippen LogP contribution in [-0.4, -0.2) is 43.5 Å². The first-order valence-electron chi connectivity index (χ1n) is 11.0. The lowest BCUT2D eigenvalue weighted by molar-refractivity contribution is -0.145. The molecule has 2 amide bonds. The molecule has 34 heavy (non-hydrogen) atoms. The Kier molecular flexibility index (Phi) is 10.8. The van der Waals surface area contributed by atoms with Gasteiger partial charge in [-0.05, 0) is 30.5 Å². The third-order valence-electron chi connectivity index (χ3n) is 4.71. The summed E-state index contributed by atoms with van der Waals surface area (Å²) in [6, 6.07) is 17.5. The number of carbonyl (C=O) groups excluding carboxylic acids is 3. The fraction of sp³-hybridized carbons (Fsp3) is 0.375. The molecule has 0 spiro atoms. The van der Waals surface area contributed by atoms with E-state index >= 15 is 0 Å². The molecule has 0 aliphatic heterocycles. The van der Waals surface area contributed by atoms with Crippen LogP contribution in [0.4, 0.5) is 4.79 Å². The lowest BCUT2D eigenvalue weighted by Crippen LogP contribution is -2.45. The van der Waals surface area contributed by atoms with Crippen molar-refractivity contribution in [2.45, 2.75) is 33.2 Å². The van der Waals surface area contributed by atoms with Crippen LogP contribution in [0.1, 0.15) is 26.3 Å². The molecule has 0 aliphatic carbocycles. The van der Waals surface area contributed by atoms with Gasteiger partial charge in [0.05, 0.1) is 6.61 Å². The Labute approximate surface area is 199 Å². The van der Waals surface area contributed by atoms with Gasteiger partial charge in [0.25, 0.3) is 7.37 Å². The number of esters is 1. The number of carbonyl (C=O) groups is 3. The molecular formula is C24H31N2O7P. The molecule has 2 unspecified atom stereocenters. The molecule has 0 fully saturated rings. The third kappa shape index (κ3) is 8.32. The number of ether oxygens (including phenoxy) is 2. The molecule has 2 atom stereocenters. The van der Waals surface area contributed by atoms with E-state index in [0.717, 1.165) is 5.56 Å². The van der Waals surface area contributed by atoms with Gasteiger partial charge in [0.15, 0.2) is 6.61 Å². The van der Waals surface area contributed by atoms with Crippen molar-refractivity contribution in [3.63, 3.8) is 0 Å². The van der Waals surface area contributed by atoms with Crippen LogP contribution in [0.3, 0.4) is 0 Å². The molecule has 0 aliphatic rings. The summed E-state index contributed by atoms with van der Waals surface area (Å²) in [6.45, 7) is 4.52. The highest BCUT2D eigenvalue weighted by Crippen LogP contribution is 2.52. The lowest BCUT2D eigenvalue weighted by Gasteiger charge is -2.31. The normalized spacial score (nSPS) is 13.4. The van der Waals surface area contributed by atoms with Crippen molar-refractivity contribution in [1.29, 1.82) is 0 Å². The molecule has 2 aromatic rings. The Balaban J connectivity index is 2.05. The molecule has 2 aromatic carbocycles. The van der Waals surface area contributed by atoms with Crippen molar-refractivity contribution in [2.75, 3.05) is 19.8 Å². The van der Waals surface area contributed by atoms with Gasteiger partial charge in [0, 0.05) is 5.30 Å². The fourth-order valence-electron chi connectivity index (χ4n) is 3.09. The summed E-state index contributed by atoms with van der Waals surface area (Å²) in [5.41, 5.74) is 0.810. The number of benzene rings is 2. The van der Waals surface area contributed by atoms with E-state index in [-0.39, 0.29) is 25.7 Å². The number of hydrogen-bond donors (Lipinski definition) is 2. The summed E-state index contributed by atoms with van der Waals surface area (Å²) >= 11 is 0. The summed E-state index contributed by atoms with van der Waals surface area (Å²) in [5, 5.41) is 5.42. The highest BCUT2D eigenvalue weighted by atomic mass is 31.2. The molecule has 0 saturated heterocycles. The molecule has 0 aromatic heterocycles. The van der Waals surface area contributed by atoms with Crippen LogP contribution in [0.5, 0.6) is 0 Å². The van der Waals surface area contributed by atoms with Gasteiger partial charge in [-0.2, -0.15) is 0 Å². The molecular weight excluding hydrogens is 459 g/mol. The Morgan fingerprint density at radius 3 is 2.15 bits per heavy atom. The van der Waals surface area contributed by atoms with E-state index in [4.69, 9.17) is 14.0 Å². The van der Waals surface area contributed by atoms with Crippen molar-refractivity contribution >= 4 is 30.6 Å². The number of rotatable bonds is 12. The zero-order valence-corrected chi connectivity index (χ0v) is 20.5. The monoisotopic (exact) mass is 490 g/mol. The molecule has 10 heteroatoms. The van der Waals surface area contributed by atoms with Gasteiger partial charge in [-0.15, -0.1) is 0 Å². The van der Waals surface area contributed by atoms with Crippen molar-refractivity contribution < 1.29 is 32.9 Å². The van der Waals surface area contributed by atoms with E-state index < -0.39 is 37.7 Å². The Bertz CT molecular complexity index is 983. The Morgan fingerprint density at radius 1 is 0.941 bits per heavy atom. The minimum atomic E-state index is -3.75. The molecule has 0 bridgehead atoms. The van der Waals surface area contributed by atoms with E-state index in [2.05, 4.69) is 10.6 Å². The quantitative estimate of drug-likeness (QED) is 0.346. The van der Waals surface area contributed by atoms with Gasteiger partial charge in [0.2, 0.25) is 5.91 Å². The lowest BCUT2D eigenvalue weighted by atomic mass is 10.2. The molecule has 0 saturated carbocycles. The number of alkyl carbamates (subject to hydrolysis) is 1.